The molecule has 0 aliphatic rings. The van der Waals surface area contributed by atoms with E-state index >= 15 is 0 Å². The van der Waals surface area contributed by atoms with Gasteiger partial charge < -0.3 is 5.32 Å². The summed E-state index contributed by atoms with van der Waals surface area (Å²) in [5.74, 6) is 0.832. The minimum atomic E-state index is 0.818. The van der Waals surface area contributed by atoms with E-state index in [4.69, 9.17) is 0 Å². The molecule has 0 aliphatic heterocycles. The number of aromatic nitrogens is 2. The average Bonchev–Trinajstić information content (AvgIpc) is 2.40. The minimum Gasteiger partial charge on any atom is -0.311 e. The summed E-state index contributed by atoms with van der Waals surface area (Å²) in [5.41, 5.74) is 2.46. The Bertz CT molecular complexity index is 468. The van der Waals surface area contributed by atoms with E-state index in [0.717, 1.165) is 37.4 Å². The second-order valence-corrected chi connectivity index (χ2v) is 4.36. The van der Waals surface area contributed by atoms with E-state index in [9.17, 15) is 0 Å². The number of hydrogen-bond donors (Lipinski definition) is 1. The number of aryl methyl sites for hydroxylation is 2. The fourth-order valence-electron chi connectivity index (χ4n) is 1.88. The van der Waals surface area contributed by atoms with E-state index in [-0.39, 0.29) is 0 Å². The summed E-state index contributed by atoms with van der Waals surface area (Å²) < 4.78 is 0. The van der Waals surface area contributed by atoms with Crippen LogP contribution in [0, 0.1) is 6.92 Å². The first kappa shape index (κ1) is 12.7. The molecule has 0 amide bonds. The van der Waals surface area contributed by atoms with Gasteiger partial charge >= 0.3 is 0 Å². The van der Waals surface area contributed by atoms with Crippen LogP contribution in [0.4, 0.5) is 0 Å². The molecule has 1 heterocycles. The maximum atomic E-state index is 4.36. The number of rotatable bonds is 6. The Balaban J connectivity index is 1.65. The van der Waals surface area contributed by atoms with Gasteiger partial charge in [0, 0.05) is 12.7 Å². The monoisotopic (exact) mass is 241 g/mol. The smallest absolute Gasteiger partial charge is 0.125 e. The summed E-state index contributed by atoms with van der Waals surface area (Å²) in [6, 6.07) is 12.5. The zero-order valence-electron chi connectivity index (χ0n) is 10.8. The van der Waals surface area contributed by atoms with Crippen molar-refractivity contribution < 1.29 is 0 Å². The fraction of sp³-hybridized carbons (Fsp3) is 0.333. The maximum Gasteiger partial charge on any atom is 0.125 e. The molecule has 0 spiro atoms. The Kier molecular flexibility index (Phi) is 4.85. The summed E-state index contributed by atoms with van der Waals surface area (Å²) in [5, 5.41) is 3.41. The lowest BCUT2D eigenvalue weighted by molar-refractivity contribution is 0.638. The Morgan fingerprint density at radius 1 is 1.11 bits per heavy atom. The third-order valence-electron chi connectivity index (χ3n) is 2.80. The summed E-state index contributed by atoms with van der Waals surface area (Å²) in [4.78, 5) is 8.44. The van der Waals surface area contributed by atoms with Crippen LogP contribution in [0.2, 0.25) is 0 Å². The molecular weight excluding hydrogens is 222 g/mol. The molecule has 3 heteroatoms. The quantitative estimate of drug-likeness (QED) is 0.790. The first-order valence-electron chi connectivity index (χ1n) is 6.38. The first-order valence-corrected chi connectivity index (χ1v) is 6.38. The number of hydrogen-bond acceptors (Lipinski definition) is 3. The van der Waals surface area contributed by atoms with E-state index in [2.05, 4.69) is 45.6 Å². The molecule has 1 aromatic heterocycles. The average molecular weight is 241 g/mol. The molecule has 1 N–H and O–H groups in total. The largest absolute Gasteiger partial charge is 0.311 e. The summed E-state index contributed by atoms with van der Waals surface area (Å²) in [6.45, 7) is 3.75. The van der Waals surface area contributed by atoms with Gasteiger partial charge in [-0.15, -0.1) is 0 Å². The highest BCUT2D eigenvalue weighted by Gasteiger charge is 1.96. The van der Waals surface area contributed by atoms with Crippen molar-refractivity contribution in [2.24, 2.45) is 0 Å². The Hall–Kier alpha value is -1.74. The van der Waals surface area contributed by atoms with E-state index < -0.39 is 0 Å². The normalized spacial score (nSPS) is 10.5. The molecule has 94 valence electrons. The molecular formula is C15H19N3. The number of nitrogens with one attached hydrogen (secondary N) is 1. The zero-order chi connectivity index (χ0) is 12.6. The molecule has 2 rings (SSSR count). The molecule has 0 unspecified atom stereocenters. The zero-order valence-corrected chi connectivity index (χ0v) is 10.8. The Morgan fingerprint density at radius 2 is 1.94 bits per heavy atom. The van der Waals surface area contributed by atoms with Crippen LogP contribution in [0.3, 0.4) is 0 Å². The van der Waals surface area contributed by atoms with Crippen molar-refractivity contribution >= 4 is 0 Å². The van der Waals surface area contributed by atoms with Gasteiger partial charge in [-0.3, -0.25) is 0 Å². The van der Waals surface area contributed by atoms with Gasteiger partial charge in [0.05, 0.1) is 5.69 Å². The lowest BCUT2D eigenvalue weighted by Gasteiger charge is -2.05. The Labute approximate surface area is 108 Å². The van der Waals surface area contributed by atoms with Gasteiger partial charge in [-0.1, -0.05) is 30.3 Å². The third kappa shape index (κ3) is 4.26. The van der Waals surface area contributed by atoms with Crippen molar-refractivity contribution in [2.45, 2.75) is 26.3 Å². The highest BCUT2D eigenvalue weighted by molar-refractivity contribution is 5.14. The van der Waals surface area contributed by atoms with Gasteiger partial charge in [0.15, 0.2) is 0 Å². The number of benzene rings is 1. The molecule has 18 heavy (non-hydrogen) atoms. The molecule has 0 radical (unpaired) electrons. The molecule has 0 fully saturated rings. The van der Waals surface area contributed by atoms with Gasteiger partial charge in [0.2, 0.25) is 0 Å². The molecule has 0 aliphatic carbocycles. The third-order valence-corrected chi connectivity index (χ3v) is 2.80. The minimum absolute atomic E-state index is 0.818. The second kappa shape index (κ2) is 6.87. The van der Waals surface area contributed by atoms with Crippen LogP contribution in [-0.2, 0) is 13.0 Å². The predicted molar refractivity (Wildman–Crippen MR) is 73.2 cm³/mol. The Morgan fingerprint density at radius 3 is 2.72 bits per heavy atom. The second-order valence-electron chi connectivity index (χ2n) is 4.36. The van der Waals surface area contributed by atoms with Crippen LogP contribution in [-0.4, -0.2) is 16.5 Å². The van der Waals surface area contributed by atoms with Crippen LogP contribution in [0.15, 0.2) is 42.6 Å². The van der Waals surface area contributed by atoms with Gasteiger partial charge in [0.25, 0.3) is 0 Å². The predicted octanol–water partition coefficient (Wildman–Crippen LogP) is 2.51. The van der Waals surface area contributed by atoms with Crippen molar-refractivity contribution in [1.82, 2.24) is 15.3 Å². The molecule has 3 nitrogen and oxygen atoms in total. The number of nitrogens with zero attached hydrogens (tertiary/aromatic N) is 2. The molecule has 0 saturated heterocycles. The first-order chi connectivity index (χ1) is 8.84. The van der Waals surface area contributed by atoms with Crippen molar-refractivity contribution in [3.63, 3.8) is 0 Å². The fourth-order valence-corrected chi connectivity index (χ4v) is 1.88. The van der Waals surface area contributed by atoms with Crippen molar-refractivity contribution in [2.75, 3.05) is 6.54 Å². The van der Waals surface area contributed by atoms with Crippen LogP contribution >= 0.6 is 0 Å². The SMILES string of the molecule is Cc1nccc(CNCCCc2ccccc2)n1. The van der Waals surface area contributed by atoms with Crippen molar-refractivity contribution in [3.8, 4) is 0 Å². The van der Waals surface area contributed by atoms with Crippen LogP contribution in [0.5, 0.6) is 0 Å². The molecule has 1 aromatic carbocycles. The molecule has 0 saturated carbocycles. The van der Waals surface area contributed by atoms with Gasteiger partial charge in [-0.25, -0.2) is 9.97 Å². The van der Waals surface area contributed by atoms with Crippen LogP contribution in [0.25, 0.3) is 0 Å². The highest BCUT2D eigenvalue weighted by Crippen LogP contribution is 2.01. The van der Waals surface area contributed by atoms with Gasteiger partial charge in [-0.05, 0) is 37.9 Å². The molecule has 0 atom stereocenters. The van der Waals surface area contributed by atoms with E-state index in [1.807, 2.05) is 19.2 Å². The summed E-state index contributed by atoms with van der Waals surface area (Å²) >= 11 is 0. The van der Waals surface area contributed by atoms with Crippen LogP contribution < -0.4 is 5.32 Å². The highest BCUT2D eigenvalue weighted by atomic mass is 14.9. The maximum absolute atomic E-state index is 4.36. The summed E-state index contributed by atoms with van der Waals surface area (Å²) in [6.07, 6.45) is 4.08. The summed E-state index contributed by atoms with van der Waals surface area (Å²) in [7, 11) is 0. The van der Waals surface area contributed by atoms with Crippen LogP contribution in [0.1, 0.15) is 23.5 Å². The lowest BCUT2D eigenvalue weighted by Crippen LogP contribution is -2.16. The molecule has 0 bridgehead atoms. The lowest BCUT2D eigenvalue weighted by atomic mass is 10.1. The van der Waals surface area contributed by atoms with Gasteiger partial charge in [-0.2, -0.15) is 0 Å². The van der Waals surface area contributed by atoms with E-state index in [1.165, 1.54) is 5.56 Å². The molecule has 2 aromatic rings. The van der Waals surface area contributed by atoms with Gasteiger partial charge in [0.1, 0.15) is 5.82 Å². The topological polar surface area (TPSA) is 37.8 Å². The van der Waals surface area contributed by atoms with E-state index in [1.54, 1.807) is 0 Å². The standard InChI is InChI=1S/C15H19N3/c1-13-17-11-9-15(18-13)12-16-10-5-8-14-6-3-2-4-7-14/h2-4,6-7,9,11,16H,5,8,10,12H2,1H3. The van der Waals surface area contributed by atoms with Crippen molar-refractivity contribution in [3.05, 3.63) is 59.7 Å². The van der Waals surface area contributed by atoms with E-state index in [0.29, 0.717) is 0 Å². The van der Waals surface area contributed by atoms with Crippen molar-refractivity contribution in [1.29, 1.82) is 0 Å².